The topological polar surface area (TPSA) is 15.7 Å². The average molecular weight is 232 g/mol. The Morgan fingerprint density at radius 3 is 1.88 bits per heavy atom. The molecular weight excluding hydrogens is 200 g/mol. The minimum atomic E-state index is 0.841. The molecule has 0 bridgehead atoms. The van der Waals surface area contributed by atoms with Crippen molar-refractivity contribution in [3.05, 3.63) is 0 Å². The summed E-state index contributed by atoms with van der Waals surface area (Å²) in [6.07, 6.45) is 0. The van der Waals surface area contributed by atoms with Gasteiger partial charge in [-0.2, -0.15) is 0 Å². The van der Waals surface area contributed by atoms with Crippen LogP contribution in [0.5, 0.6) is 0 Å². The van der Waals surface area contributed by atoms with E-state index in [9.17, 15) is 0 Å². The molecule has 0 aromatic rings. The molecule has 1 saturated heterocycles. The molecule has 1 aliphatic heterocycles. The van der Waals surface area contributed by atoms with Crippen LogP contribution in [0, 0.1) is 0 Å². The molecule has 16 heavy (non-hydrogen) atoms. The first kappa shape index (κ1) is 18.3. The van der Waals surface area contributed by atoms with Gasteiger partial charge in [-0.25, -0.2) is 0 Å². The molecule has 1 heterocycles. The van der Waals surface area contributed by atoms with Gasteiger partial charge in [0.15, 0.2) is 0 Å². The highest BCUT2D eigenvalue weighted by molar-refractivity contribution is 4.68. The van der Waals surface area contributed by atoms with Gasteiger partial charge in [0.2, 0.25) is 0 Å². The van der Waals surface area contributed by atoms with Gasteiger partial charge in [-0.3, -0.25) is 4.90 Å². The fourth-order valence-electron chi connectivity index (χ4n) is 1.41. The number of nitrogens with zero attached hydrogens (tertiary/aromatic N) is 2. The lowest BCUT2D eigenvalue weighted by atomic mass is 10.3. The summed E-state index contributed by atoms with van der Waals surface area (Å²) in [6, 6.07) is 0. The highest BCUT2D eigenvalue weighted by Gasteiger charge is 2.12. The van der Waals surface area contributed by atoms with Crippen molar-refractivity contribution in [1.82, 2.24) is 9.80 Å². The third-order valence-corrected chi connectivity index (χ3v) is 2.35. The molecule has 0 amide bonds. The standard InChI is InChI=1S/C9H20N2O.2C2H6/c1-3-12-9-8-11-6-4-10(2)5-7-11;2*1-2/h3-9H2,1-2H3;2*1-2H3. The summed E-state index contributed by atoms with van der Waals surface area (Å²) in [4.78, 5) is 4.84. The van der Waals surface area contributed by atoms with Gasteiger partial charge in [0.25, 0.3) is 0 Å². The van der Waals surface area contributed by atoms with Crippen LogP contribution in [0.25, 0.3) is 0 Å². The zero-order valence-corrected chi connectivity index (χ0v) is 12.3. The second-order valence-corrected chi connectivity index (χ2v) is 3.34. The number of hydrogen-bond acceptors (Lipinski definition) is 3. The first-order chi connectivity index (χ1) is 7.83. The molecule has 3 nitrogen and oxygen atoms in total. The Labute approximate surface area is 103 Å². The van der Waals surface area contributed by atoms with Crippen LogP contribution in [-0.4, -0.2) is 62.8 Å². The van der Waals surface area contributed by atoms with Crippen LogP contribution in [0.3, 0.4) is 0 Å². The quantitative estimate of drug-likeness (QED) is 0.692. The van der Waals surface area contributed by atoms with Gasteiger partial charge in [-0.05, 0) is 14.0 Å². The van der Waals surface area contributed by atoms with E-state index in [1.54, 1.807) is 0 Å². The molecule has 1 aliphatic rings. The molecule has 1 fully saturated rings. The molecular formula is C13H32N2O. The van der Waals surface area contributed by atoms with Crippen LogP contribution in [0.15, 0.2) is 0 Å². The fourth-order valence-corrected chi connectivity index (χ4v) is 1.41. The summed E-state index contributed by atoms with van der Waals surface area (Å²) < 4.78 is 5.31. The molecule has 3 heteroatoms. The first-order valence-corrected chi connectivity index (χ1v) is 6.81. The zero-order chi connectivity index (χ0) is 12.8. The van der Waals surface area contributed by atoms with Crippen LogP contribution in [-0.2, 0) is 4.74 Å². The van der Waals surface area contributed by atoms with Crippen molar-refractivity contribution < 1.29 is 4.74 Å². The van der Waals surface area contributed by atoms with Gasteiger partial charge in [-0.1, -0.05) is 27.7 Å². The van der Waals surface area contributed by atoms with E-state index in [1.165, 1.54) is 26.2 Å². The van der Waals surface area contributed by atoms with E-state index in [0.29, 0.717) is 0 Å². The molecule has 0 aromatic heterocycles. The molecule has 0 atom stereocenters. The molecule has 1 rings (SSSR count). The second-order valence-electron chi connectivity index (χ2n) is 3.34. The van der Waals surface area contributed by atoms with Crippen molar-refractivity contribution in [1.29, 1.82) is 0 Å². The molecule has 0 unspecified atom stereocenters. The molecule has 0 radical (unpaired) electrons. The van der Waals surface area contributed by atoms with Crippen LogP contribution in [0.2, 0.25) is 0 Å². The average Bonchev–Trinajstić information content (AvgIpc) is 2.37. The van der Waals surface area contributed by atoms with E-state index >= 15 is 0 Å². The Bertz CT molecular complexity index is 113. The minimum Gasteiger partial charge on any atom is -0.380 e. The fraction of sp³-hybridized carbons (Fsp3) is 1.00. The van der Waals surface area contributed by atoms with Gasteiger partial charge < -0.3 is 9.64 Å². The lowest BCUT2D eigenvalue weighted by Gasteiger charge is -2.32. The third kappa shape index (κ3) is 10.4. The lowest BCUT2D eigenvalue weighted by molar-refractivity contribution is 0.0882. The van der Waals surface area contributed by atoms with Gasteiger partial charge in [-0.15, -0.1) is 0 Å². The molecule has 100 valence electrons. The summed E-state index contributed by atoms with van der Waals surface area (Å²) in [7, 11) is 2.18. The Balaban J connectivity index is 0. The van der Waals surface area contributed by atoms with Crippen molar-refractivity contribution in [2.45, 2.75) is 34.6 Å². The van der Waals surface area contributed by atoms with Crippen molar-refractivity contribution in [3.63, 3.8) is 0 Å². The van der Waals surface area contributed by atoms with E-state index in [2.05, 4.69) is 16.8 Å². The van der Waals surface area contributed by atoms with Crippen molar-refractivity contribution >= 4 is 0 Å². The van der Waals surface area contributed by atoms with E-state index in [1.807, 2.05) is 34.6 Å². The Morgan fingerprint density at radius 2 is 1.44 bits per heavy atom. The van der Waals surface area contributed by atoms with Gasteiger partial charge >= 0.3 is 0 Å². The predicted octanol–water partition coefficient (Wildman–Crippen LogP) is 2.32. The number of rotatable bonds is 4. The Kier molecular flexibility index (Phi) is 17.0. The SMILES string of the molecule is CC.CC.CCOCCN1CCN(C)CC1. The molecule has 0 spiro atoms. The maximum atomic E-state index is 5.31. The number of piperazine rings is 1. The van der Waals surface area contributed by atoms with E-state index in [-0.39, 0.29) is 0 Å². The maximum Gasteiger partial charge on any atom is 0.0593 e. The van der Waals surface area contributed by atoms with Crippen LogP contribution < -0.4 is 0 Å². The van der Waals surface area contributed by atoms with E-state index in [4.69, 9.17) is 4.74 Å². The second kappa shape index (κ2) is 14.9. The number of hydrogen-bond donors (Lipinski definition) is 0. The summed E-state index contributed by atoms with van der Waals surface area (Å²) in [5.74, 6) is 0. The van der Waals surface area contributed by atoms with Crippen LogP contribution >= 0.6 is 0 Å². The summed E-state index contributed by atoms with van der Waals surface area (Å²) in [5.41, 5.74) is 0. The molecule has 0 aromatic carbocycles. The number of likely N-dealkylation sites (N-methyl/N-ethyl adjacent to an activating group) is 1. The molecule has 0 saturated carbocycles. The monoisotopic (exact) mass is 232 g/mol. The maximum absolute atomic E-state index is 5.31. The highest BCUT2D eigenvalue weighted by Crippen LogP contribution is 1.97. The van der Waals surface area contributed by atoms with E-state index < -0.39 is 0 Å². The minimum absolute atomic E-state index is 0.841. The lowest BCUT2D eigenvalue weighted by Crippen LogP contribution is -2.45. The predicted molar refractivity (Wildman–Crippen MR) is 73.1 cm³/mol. The smallest absolute Gasteiger partial charge is 0.0593 e. The van der Waals surface area contributed by atoms with Gasteiger partial charge in [0.05, 0.1) is 6.61 Å². The van der Waals surface area contributed by atoms with Gasteiger partial charge in [0, 0.05) is 39.3 Å². The Morgan fingerprint density at radius 1 is 0.938 bits per heavy atom. The van der Waals surface area contributed by atoms with Crippen LogP contribution in [0.1, 0.15) is 34.6 Å². The summed E-state index contributed by atoms with van der Waals surface area (Å²) >= 11 is 0. The molecule has 0 N–H and O–H groups in total. The normalized spacial score (nSPS) is 16.9. The highest BCUT2D eigenvalue weighted by atomic mass is 16.5. The Hall–Kier alpha value is -0.120. The number of ether oxygens (including phenoxy) is 1. The summed E-state index contributed by atoms with van der Waals surface area (Å²) in [5, 5.41) is 0. The summed E-state index contributed by atoms with van der Waals surface area (Å²) in [6.45, 7) is 17.7. The van der Waals surface area contributed by atoms with Crippen molar-refractivity contribution in [2.24, 2.45) is 0 Å². The zero-order valence-electron chi connectivity index (χ0n) is 12.3. The first-order valence-electron chi connectivity index (χ1n) is 6.81. The van der Waals surface area contributed by atoms with Gasteiger partial charge in [0.1, 0.15) is 0 Å². The van der Waals surface area contributed by atoms with E-state index in [0.717, 1.165) is 19.8 Å². The van der Waals surface area contributed by atoms with Crippen LogP contribution in [0.4, 0.5) is 0 Å². The van der Waals surface area contributed by atoms with Crippen molar-refractivity contribution in [2.75, 3.05) is 53.0 Å². The van der Waals surface area contributed by atoms with Crippen molar-refractivity contribution in [3.8, 4) is 0 Å². The largest absolute Gasteiger partial charge is 0.380 e. The molecule has 0 aliphatic carbocycles. The third-order valence-electron chi connectivity index (χ3n) is 2.35.